The fraction of sp³-hybridized carbons (Fsp3) is 0.500. The molecule has 0 fully saturated rings. The van der Waals surface area contributed by atoms with Crippen LogP contribution in [0.4, 0.5) is 0 Å². The summed E-state index contributed by atoms with van der Waals surface area (Å²) >= 11 is -1.92. The van der Waals surface area contributed by atoms with Crippen molar-refractivity contribution in [3.05, 3.63) is 47.7 Å². The number of hydrogen-bond donors (Lipinski definition) is 0. The second-order valence-electron chi connectivity index (χ2n) is 8.97. The summed E-state index contributed by atoms with van der Waals surface area (Å²) in [6.07, 6.45) is 4.81. The molecule has 0 amide bonds. The standard InChI is InChI=1S/C22H34GeN/c1-9-22(3,4)15-18-14-21(19-13-11-10-12-17(19)2)24(8)16-20(18)23(5,6)7/h10-14,16H,9,15H2,1-8H3/q+1. The van der Waals surface area contributed by atoms with Gasteiger partial charge in [0.1, 0.15) is 0 Å². The Morgan fingerprint density at radius 1 is 1.08 bits per heavy atom. The first-order chi connectivity index (χ1) is 11.0. The predicted octanol–water partition coefficient (Wildman–Crippen LogP) is 5.01. The first-order valence-corrected chi connectivity index (χ1v) is 16.5. The zero-order valence-corrected chi connectivity index (χ0v) is 18.9. The van der Waals surface area contributed by atoms with Crippen LogP contribution in [0.15, 0.2) is 36.5 Å². The topological polar surface area (TPSA) is 3.88 Å². The van der Waals surface area contributed by atoms with E-state index >= 15 is 0 Å². The summed E-state index contributed by atoms with van der Waals surface area (Å²) in [5.74, 6) is 7.52. The Morgan fingerprint density at radius 2 is 1.71 bits per heavy atom. The molecule has 1 heterocycles. The number of rotatable bonds is 5. The van der Waals surface area contributed by atoms with Crippen molar-refractivity contribution < 1.29 is 4.57 Å². The van der Waals surface area contributed by atoms with Gasteiger partial charge in [-0.15, -0.1) is 0 Å². The van der Waals surface area contributed by atoms with Crippen LogP contribution in [-0.2, 0) is 13.5 Å². The van der Waals surface area contributed by atoms with Crippen molar-refractivity contribution in [2.75, 3.05) is 0 Å². The van der Waals surface area contributed by atoms with E-state index in [9.17, 15) is 0 Å². The van der Waals surface area contributed by atoms with E-state index < -0.39 is 13.3 Å². The van der Waals surface area contributed by atoms with Gasteiger partial charge in [-0.3, -0.25) is 0 Å². The quantitative estimate of drug-likeness (QED) is 0.503. The average Bonchev–Trinajstić information content (AvgIpc) is 2.48. The summed E-state index contributed by atoms with van der Waals surface area (Å²) in [5.41, 5.74) is 5.96. The first-order valence-electron chi connectivity index (χ1n) is 9.14. The molecule has 2 rings (SSSR count). The zero-order chi connectivity index (χ0) is 18.1. The molecule has 1 aromatic heterocycles. The number of aryl methyl sites for hydroxylation is 2. The molecule has 0 aliphatic carbocycles. The van der Waals surface area contributed by atoms with Crippen LogP contribution in [0.25, 0.3) is 11.3 Å². The van der Waals surface area contributed by atoms with Gasteiger partial charge in [0.2, 0.25) is 0 Å². The Bertz CT molecular complexity index is 723. The van der Waals surface area contributed by atoms with Crippen molar-refractivity contribution in [2.45, 2.75) is 57.8 Å². The van der Waals surface area contributed by atoms with Crippen molar-refractivity contribution in [3.8, 4) is 11.3 Å². The second kappa shape index (κ2) is 7.03. The van der Waals surface area contributed by atoms with Gasteiger partial charge in [-0.05, 0) is 0 Å². The molecule has 0 radical (unpaired) electrons. The molecule has 0 unspecified atom stereocenters. The molecule has 0 N–H and O–H groups in total. The van der Waals surface area contributed by atoms with Crippen LogP contribution in [0.5, 0.6) is 0 Å². The van der Waals surface area contributed by atoms with Crippen LogP contribution in [0.1, 0.15) is 38.3 Å². The van der Waals surface area contributed by atoms with Crippen LogP contribution in [0.2, 0.25) is 17.3 Å². The van der Waals surface area contributed by atoms with Gasteiger partial charge in [0.25, 0.3) is 0 Å². The SMILES string of the molecule is CCC(C)(C)Cc1cc(-c2ccccc2C)[n+](C)c[c]1[Ge]([CH3])([CH3])[CH3]. The van der Waals surface area contributed by atoms with Gasteiger partial charge in [-0.25, -0.2) is 0 Å². The molecule has 0 aliphatic heterocycles. The molecule has 130 valence electrons. The number of hydrogen-bond acceptors (Lipinski definition) is 0. The van der Waals surface area contributed by atoms with Crippen LogP contribution in [0.3, 0.4) is 0 Å². The third-order valence-electron chi connectivity index (χ3n) is 5.21. The predicted molar refractivity (Wildman–Crippen MR) is 109 cm³/mol. The minimum atomic E-state index is -1.92. The van der Waals surface area contributed by atoms with E-state index in [4.69, 9.17) is 0 Å². The molecule has 2 aromatic rings. The summed E-state index contributed by atoms with van der Waals surface area (Å²) in [7, 11) is 2.20. The summed E-state index contributed by atoms with van der Waals surface area (Å²) in [4.78, 5) is 0. The average molecular weight is 385 g/mol. The first kappa shape index (κ1) is 19.2. The molecule has 2 heteroatoms. The van der Waals surface area contributed by atoms with Gasteiger partial charge >= 0.3 is 151 Å². The molecule has 0 saturated heterocycles. The van der Waals surface area contributed by atoms with E-state index in [0.717, 1.165) is 0 Å². The summed E-state index contributed by atoms with van der Waals surface area (Å²) in [6, 6.07) is 11.2. The molecule has 1 nitrogen and oxygen atoms in total. The van der Waals surface area contributed by atoms with Gasteiger partial charge in [0.05, 0.1) is 0 Å². The van der Waals surface area contributed by atoms with Crippen LogP contribution in [-0.4, -0.2) is 13.3 Å². The monoisotopic (exact) mass is 386 g/mol. The summed E-state index contributed by atoms with van der Waals surface area (Å²) in [5, 5.41) is 0. The van der Waals surface area contributed by atoms with E-state index in [2.05, 4.69) is 93.1 Å². The molecule has 0 aliphatic rings. The van der Waals surface area contributed by atoms with E-state index in [-0.39, 0.29) is 0 Å². The van der Waals surface area contributed by atoms with Gasteiger partial charge < -0.3 is 0 Å². The van der Waals surface area contributed by atoms with E-state index in [1.807, 2.05) is 0 Å². The van der Waals surface area contributed by atoms with E-state index in [1.54, 1.807) is 9.96 Å². The molecule has 0 saturated carbocycles. The zero-order valence-electron chi connectivity index (χ0n) is 16.8. The minimum absolute atomic E-state index is 0.352. The van der Waals surface area contributed by atoms with Crippen molar-refractivity contribution in [1.29, 1.82) is 0 Å². The Kier molecular flexibility index (Phi) is 5.64. The molecular formula is C22H34GeN+. The van der Waals surface area contributed by atoms with Crippen molar-refractivity contribution in [1.82, 2.24) is 0 Å². The molecule has 0 bridgehead atoms. The number of pyridine rings is 1. The van der Waals surface area contributed by atoms with Gasteiger partial charge in [0, 0.05) is 0 Å². The van der Waals surface area contributed by atoms with Gasteiger partial charge in [-0.2, -0.15) is 0 Å². The van der Waals surface area contributed by atoms with Crippen molar-refractivity contribution in [2.24, 2.45) is 12.5 Å². The van der Waals surface area contributed by atoms with Crippen LogP contribution < -0.4 is 8.96 Å². The van der Waals surface area contributed by atoms with Crippen molar-refractivity contribution >= 4 is 17.7 Å². The van der Waals surface area contributed by atoms with Crippen LogP contribution >= 0.6 is 0 Å². The molecule has 24 heavy (non-hydrogen) atoms. The summed E-state index contributed by atoms with van der Waals surface area (Å²) < 4.78 is 3.99. The van der Waals surface area contributed by atoms with Gasteiger partial charge in [0.15, 0.2) is 0 Å². The molecule has 0 spiro atoms. The fourth-order valence-corrected chi connectivity index (χ4v) is 6.86. The Labute approximate surface area is 151 Å². The van der Waals surface area contributed by atoms with E-state index in [1.165, 1.54) is 29.7 Å². The maximum atomic E-state index is 2.51. The Balaban J connectivity index is 2.66. The number of benzene rings is 1. The number of nitrogens with zero attached hydrogens (tertiary/aromatic N) is 1. The maximum absolute atomic E-state index is 2.51. The Hall–Kier alpha value is -1.09. The normalized spacial score (nSPS) is 12.5. The Morgan fingerprint density at radius 3 is 2.25 bits per heavy atom. The second-order valence-corrected chi connectivity index (χ2v) is 19.5. The third-order valence-corrected chi connectivity index (χ3v) is 9.55. The molecular weight excluding hydrogens is 351 g/mol. The summed E-state index contributed by atoms with van der Waals surface area (Å²) in [6.45, 7) is 9.31. The fourth-order valence-electron chi connectivity index (χ4n) is 3.28. The van der Waals surface area contributed by atoms with Gasteiger partial charge in [-0.1, -0.05) is 0 Å². The van der Waals surface area contributed by atoms with Crippen molar-refractivity contribution in [3.63, 3.8) is 0 Å². The van der Waals surface area contributed by atoms with E-state index in [0.29, 0.717) is 5.41 Å². The number of aromatic nitrogens is 1. The third kappa shape index (κ3) is 4.30. The molecule has 1 aromatic carbocycles. The molecule has 0 atom stereocenters. The van der Waals surface area contributed by atoms with Crippen LogP contribution in [0, 0.1) is 12.3 Å².